The summed E-state index contributed by atoms with van der Waals surface area (Å²) in [5.41, 5.74) is 0.105. The first-order valence-corrected chi connectivity index (χ1v) is 15.4. The third-order valence-corrected chi connectivity index (χ3v) is 15.1. The van der Waals surface area contributed by atoms with E-state index >= 15 is 0 Å². The van der Waals surface area contributed by atoms with Gasteiger partial charge in [-0.15, -0.1) is 0 Å². The predicted molar refractivity (Wildman–Crippen MR) is 61.0 cm³/mol. The molecule has 0 saturated heterocycles. The quantitative estimate of drug-likeness (QED) is 0.717. The van der Waals surface area contributed by atoms with E-state index in [-0.39, 0.29) is 5.41 Å². The summed E-state index contributed by atoms with van der Waals surface area (Å²) in [5, 5.41) is 0. The molecule has 0 aromatic heterocycles. The van der Waals surface area contributed by atoms with Gasteiger partial charge in [-0.2, -0.15) is 0 Å². The van der Waals surface area contributed by atoms with E-state index in [1.54, 1.807) is 4.90 Å². The Balaban J connectivity index is 2.05. The normalized spacial score (nSPS) is 39.8. The summed E-state index contributed by atoms with van der Waals surface area (Å²) < 4.78 is 0.695. The average molecular weight is 302 g/mol. The Labute approximate surface area is 90.9 Å². The van der Waals surface area contributed by atoms with Crippen molar-refractivity contribution in [3.05, 3.63) is 0 Å². The van der Waals surface area contributed by atoms with Gasteiger partial charge in [-0.3, -0.25) is 0 Å². The zero-order valence-corrected chi connectivity index (χ0v) is 12.8. The van der Waals surface area contributed by atoms with Gasteiger partial charge < -0.3 is 0 Å². The fraction of sp³-hybridized carbons (Fsp3) is 0.909. The third kappa shape index (κ3) is 1.12. The molecule has 14 heavy (non-hydrogen) atoms. The number of carbonyl (C=O) groups is 1. The molecule has 3 aliphatic rings. The Kier molecular flexibility index (Phi) is 2.07. The van der Waals surface area contributed by atoms with Crippen molar-refractivity contribution in [2.75, 3.05) is 14.1 Å². The molecule has 0 aromatic carbocycles. The van der Waals surface area contributed by atoms with Crippen LogP contribution in [0.4, 0.5) is 0 Å². The molecule has 0 aliphatic heterocycles. The second kappa shape index (κ2) is 2.69. The van der Waals surface area contributed by atoms with Crippen LogP contribution in [0.5, 0.6) is 0 Å². The Morgan fingerprint density at radius 2 is 1.57 bits per heavy atom. The Morgan fingerprint density at radius 1 is 1.14 bits per heavy atom. The fourth-order valence-electron chi connectivity index (χ4n) is 3.28. The van der Waals surface area contributed by atoms with E-state index in [4.69, 9.17) is 0 Å². The second-order valence-electron chi connectivity index (χ2n) is 6.54. The molecule has 2 nitrogen and oxygen atoms in total. The molecule has 0 spiro atoms. The van der Waals surface area contributed by atoms with E-state index in [9.17, 15) is 4.79 Å². The van der Waals surface area contributed by atoms with Gasteiger partial charge >= 0.3 is 91.0 Å². The third-order valence-electron chi connectivity index (χ3n) is 4.48. The first-order chi connectivity index (χ1) is 6.23. The molecule has 0 radical (unpaired) electrons. The van der Waals surface area contributed by atoms with Crippen LogP contribution < -0.4 is 0 Å². The zero-order chi connectivity index (χ0) is 10.8. The van der Waals surface area contributed by atoms with Crippen LogP contribution in [0.25, 0.3) is 0 Å². The molecule has 3 fully saturated rings. The molecule has 0 aromatic rings. The second-order valence-corrected chi connectivity index (χ2v) is 22.4. The van der Waals surface area contributed by atoms with E-state index in [0.29, 0.717) is 9.34 Å². The molecule has 3 rings (SSSR count). The summed E-state index contributed by atoms with van der Waals surface area (Å²) in [5.74, 6) is 0.384. The van der Waals surface area contributed by atoms with Crippen LogP contribution >= 0.6 is 0 Å². The number of rotatable bonds is 2. The van der Waals surface area contributed by atoms with E-state index in [2.05, 4.69) is 14.8 Å². The van der Waals surface area contributed by atoms with Gasteiger partial charge in [-0.05, 0) is 0 Å². The molecule has 1 amide bonds. The molecule has 0 N–H and O–H groups in total. The van der Waals surface area contributed by atoms with E-state index in [1.807, 2.05) is 14.1 Å². The first-order valence-electron chi connectivity index (χ1n) is 5.44. The van der Waals surface area contributed by atoms with Crippen molar-refractivity contribution in [1.82, 2.24) is 4.90 Å². The van der Waals surface area contributed by atoms with Crippen molar-refractivity contribution >= 4 is 24.3 Å². The zero-order valence-electron chi connectivity index (χ0n) is 9.98. The number of hydrogen-bond donors (Lipinski definition) is 0. The van der Waals surface area contributed by atoms with Crippen LogP contribution in [0.2, 0.25) is 18.2 Å². The van der Waals surface area contributed by atoms with Crippen molar-refractivity contribution < 1.29 is 4.79 Å². The molecule has 0 unspecified atom stereocenters. The fourth-order valence-corrected chi connectivity index (χ4v) is 10.7. The summed E-state index contributed by atoms with van der Waals surface area (Å²) in [6.07, 6.45) is 3.66. The van der Waals surface area contributed by atoms with Crippen LogP contribution in [-0.2, 0) is 4.79 Å². The molecule has 3 heteroatoms. The molecule has 3 aliphatic carbocycles. The molecular weight excluding hydrogens is 281 g/mol. The monoisotopic (exact) mass is 303 g/mol. The minimum absolute atomic E-state index is 0.105. The maximum absolute atomic E-state index is 11.9. The molecule has 0 heterocycles. The van der Waals surface area contributed by atoms with Gasteiger partial charge in [0.05, 0.1) is 0 Å². The summed E-state index contributed by atoms with van der Waals surface area (Å²) >= 11 is -1.75. The van der Waals surface area contributed by atoms with Crippen molar-refractivity contribution in [2.45, 2.75) is 37.5 Å². The van der Waals surface area contributed by atoms with Crippen LogP contribution in [0.15, 0.2) is 0 Å². The predicted octanol–water partition coefficient (Wildman–Crippen LogP) is 2.34. The molecule has 2 bridgehead atoms. The van der Waals surface area contributed by atoms with E-state index in [1.165, 1.54) is 19.3 Å². The van der Waals surface area contributed by atoms with E-state index in [0.717, 1.165) is 0 Å². The Hall–Kier alpha value is 0.269. The first kappa shape index (κ1) is 10.8. The van der Waals surface area contributed by atoms with Gasteiger partial charge in [0.25, 0.3) is 0 Å². The average Bonchev–Trinajstić information content (AvgIpc) is 1.76. The van der Waals surface area contributed by atoms with E-state index < -0.39 is 18.4 Å². The molecule has 3 saturated carbocycles. The summed E-state index contributed by atoms with van der Waals surface area (Å²) in [6, 6.07) is 0. The van der Waals surface area contributed by atoms with Crippen LogP contribution in [0.1, 0.15) is 19.3 Å². The number of amides is 1. The number of nitrogens with zero attached hydrogens (tertiary/aromatic N) is 1. The topological polar surface area (TPSA) is 20.3 Å². The van der Waals surface area contributed by atoms with Crippen LogP contribution in [0.3, 0.4) is 0 Å². The van der Waals surface area contributed by atoms with Gasteiger partial charge in [0.15, 0.2) is 0 Å². The van der Waals surface area contributed by atoms with Gasteiger partial charge in [0.1, 0.15) is 0 Å². The van der Waals surface area contributed by atoms with Gasteiger partial charge in [0, 0.05) is 0 Å². The van der Waals surface area contributed by atoms with Crippen molar-refractivity contribution in [2.24, 2.45) is 5.41 Å². The Morgan fingerprint density at radius 3 is 1.86 bits per heavy atom. The van der Waals surface area contributed by atoms with Crippen LogP contribution in [0, 0.1) is 5.41 Å². The summed E-state index contributed by atoms with van der Waals surface area (Å²) in [4.78, 5) is 21.2. The SMILES string of the molecule is CN(C)C(=O)C12C[C]([Sn]([CH3])([CH3])[CH3])(C1)C2. The van der Waals surface area contributed by atoms with Crippen molar-refractivity contribution in [3.8, 4) is 0 Å². The van der Waals surface area contributed by atoms with Gasteiger partial charge in [0.2, 0.25) is 0 Å². The summed E-state index contributed by atoms with van der Waals surface area (Å²) in [7, 11) is 3.77. The molecular formula is C11H21NOSn. The number of carbonyl (C=O) groups excluding carboxylic acids is 1. The molecule has 0 atom stereocenters. The maximum atomic E-state index is 11.9. The standard InChI is InChI=1S/C8H12NO.3CH3.Sn/c1-9(2)7(10)8-3-6(4-8)5-8;;;;/h3-5H2,1-2H3;3*1H3;. The summed E-state index contributed by atoms with van der Waals surface area (Å²) in [6.45, 7) is 0. The van der Waals surface area contributed by atoms with Crippen LogP contribution in [-0.4, -0.2) is 43.3 Å². The minimum atomic E-state index is -1.75. The molecule has 80 valence electrons. The van der Waals surface area contributed by atoms with Gasteiger partial charge in [-0.1, -0.05) is 0 Å². The van der Waals surface area contributed by atoms with Crippen molar-refractivity contribution in [3.63, 3.8) is 0 Å². The van der Waals surface area contributed by atoms with Crippen molar-refractivity contribution in [1.29, 1.82) is 0 Å². The van der Waals surface area contributed by atoms with Gasteiger partial charge in [-0.25, -0.2) is 0 Å². The Bertz CT molecular complexity index is 270. The number of hydrogen-bond acceptors (Lipinski definition) is 1.